The average molecular weight is 176 g/mol. The lowest BCUT2D eigenvalue weighted by atomic mass is 10.3. The van der Waals surface area contributed by atoms with Crippen molar-refractivity contribution in [3.8, 4) is 0 Å². The second-order valence-corrected chi connectivity index (χ2v) is 2.49. The minimum atomic E-state index is 0.384. The van der Waals surface area contributed by atoms with Crippen molar-refractivity contribution in [2.24, 2.45) is 5.73 Å². The molecule has 12 heavy (non-hydrogen) atoms. The molecule has 0 saturated heterocycles. The summed E-state index contributed by atoms with van der Waals surface area (Å²) in [6.07, 6.45) is 2.32. The Bertz CT molecular complexity index is 43.1. The molecule has 0 fully saturated rings. The van der Waals surface area contributed by atoms with Crippen LogP contribution < -0.4 is 11.1 Å². The van der Waals surface area contributed by atoms with Crippen LogP contribution in [0.1, 0.15) is 47.5 Å². The molecule has 0 aromatic rings. The first kappa shape index (κ1) is 17.9. The Balaban J connectivity index is -0.000000112. The van der Waals surface area contributed by atoms with E-state index in [1.54, 1.807) is 0 Å². The smallest absolute Gasteiger partial charge is 0.000781 e. The molecule has 1 atom stereocenters. The lowest BCUT2D eigenvalue weighted by molar-refractivity contribution is 0.715. The van der Waals surface area contributed by atoms with E-state index in [4.69, 9.17) is 5.73 Å². The van der Waals surface area contributed by atoms with E-state index in [2.05, 4.69) is 19.2 Å². The fourth-order valence-corrected chi connectivity index (χ4v) is 0.250. The Kier molecular flexibility index (Phi) is 33.4. The molecule has 0 bridgehead atoms. The van der Waals surface area contributed by atoms with Crippen molar-refractivity contribution in [3.63, 3.8) is 0 Å². The molecule has 2 nitrogen and oxygen atoms in total. The molecule has 78 valence electrons. The number of hydrogen-bond acceptors (Lipinski definition) is 2. The van der Waals surface area contributed by atoms with E-state index in [0.29, 0.717) is 6.04 Å². The van der Waals surface area contributed by atoms with Gasteiger partial charge in [0.25, 0.3) is 0 Å². The molecular weight excluding hydrogens is 148 g/mol. The molecule has 0 aromatic heterocycles. The Labute approximate surface area is 78.9 Å². The number of nitrogens with two attached hydrogens (primary N) is 1. The molecule has 0 aromatic carbocycles. The van der Waals surface area contributed by atoms with Crippen LogP contribution >= 0.6 is 0 Å². The van der Waals surface area contributed by atoms with Crippen LogP contribution in [0.4, 0.5) is 0 Å². The van der Waals surface area contributed by atoms with E-state index < -0.39 is 0 Å². The third-order valence-electron chi connectivity index (χ3n) is 1.14. The molecule has 1 unspecified atom stereocenters. The summed E-state index contributed by atoms with van der Waals surface area (Å²) in [4.78, 5) is 0. The molecule has 0 aliphatic carbocycles. The van der Waals surface area contributed by atoms with Gasteiger partial charge in [-0.05, 0) is 33.4 Å². The van der Waals surface area contributed by atoms with Gasteiger partial charge in [-0.1, -0.05) is 27.7 Å². The van der Waals surface area contributed by atoms with Gasteiger partial charge in [0.15, 0.2) is 0 Å². The third kappa shape index (κ3) is 51.4. The maximum Gasteiger partial charge on any atom is 0.000781 e. The third-order valence-corrected chi connectivity index (χ3v) is 1.14. The van der Waals surface area contributed by atoms with E-state index in [0.717, 1.165) is 13.0 Å². The zero-order chi connectivity index (χ0) is 10.4. The van der Waals surface area contributed by atoms with E-state index >= 15 is 0 Å². The molecule has 0 heterocycles. The lowest BCUT2D eigenvalue weighted by Gasteiger charge is -1.91. The second-order valence-electron chi connectivity index (χ2n) is 2.49. The molecule has 0 aliphatic heterocycles. The molecular formula is C10H28N2. The standard InChI is InChI=1S/2C4H11N.C2H6/c1-3-4-5-2;1-3-4(2)5;1-2/h5H,3-4H2,1-2H3;4H,3,5H2,1-2H3;1-2H3. The Morgan fingerprint density at radius 1 is 1.25 bits per heavy atom. The highest BCUT2D eigenvalue weighted by molar-refractivity contribution is 4.43. The normalized spacial score (nSPS) is 10.2. The highest BCUT2D eigenvalue weighted by Gasteiger charge is 1.79. The highest BCUT2D eigenvalue weighted by Crippen LogP contribution is 1.77. The van der Waals surface area contributed by atoms with Gasteiger partial charge in [-0.15, -0.1) is 0 Å². The van der Waals surface area contributed by atoms with Gasteiger partial charge < -0.3 is 11.1 Å². The Morgan fingerprint density at radius 3 is 1.58 bits per heavy atom. The summed E-state index contributed by atoms with van der Waals surface area (Å²) in [6.45, 7) is 11.4. The van der Waals surface area contributed by atoms with Gasteiger partial charge >= 0.3 is 0 Å². The first-order valence-corrected chi connectivity index (χ1v) is 5.09. The Hall–Kier alpha value is -0.0800. The topological polar surface area (TPSA) is 38.0 Å². The minimum absolute atomic E-state index is 0.384. The van der Waals surface area contributed by atoms with Gasteiger partial charge in [0.2, 0.25) is 0 Å². The van der Waals surface area contributed by atoms with Crippen molar-refractivity contribution < 1.29 is 0 Å². The number of rotatable bonds is 3. The maximum absolute atomic E-state index is 5.29. The zero-order valence-electron chi connectivity index (χ0n) is 9.78. The molecule has 2 heteroatoms. The number of hydrogen-bond donors (Lipinski definition) is 2. The van der Waals surface area contributed by atoms with Crippen LogP contribution in [0.5, 0.6) is 0 Å². The van der Waals surface area contributed by atoms with Crippen LogP contribution in [0.3, 0.4) is 0 Å². The molecule has 0 saturated carbocycles. The summed E-state index contributed by atoms with van der Waals surface area (Å²) < 4.78 is 0. The van der Waals surface area contributed by atoms with Crippen molar-refractivity contribution in [1.82, 2.24) is 5.32 Å². The quantitative estimate of drug-likeness (QED) is 0.693. The first-order valence-electron chi connectivity index (χ1n) is 5.09. The predicted molar refractivity (Wildman–Crippen MR) is 59.5 cm³/mol. The monoisotopic (exact) mass is 176 g/mol. The molecule has 0 radical (unpaired) electrons. The van der Waals surface area contributed by atoms with Gasteiger partial charge in [-0.25, -0.2) is 0 Å². The highest BCUT2D eigenvalue weighted by atomic mass is 14.8. The van der Waals surface area contributed by atoms with Crippen molar-refractivity contribution in [1.29, 1.82) is 0 Å². The molecule has 0 spiro atoms. The van der Waals surface area contributed by atoms with Gasteiger partial charge in [-0.2, -0.15) is 0 Å². The molecule has 0 aliphatic rings. The lowest BCUT2D eigenvalue weighted by Crippen LogP contribution is -2.11. The van der Waals surface area contributed by atoms with Crippen LogP contribution in [-0.2, 0) is 0 Å². The molecule has 0 rings (SSSR count). The van der Waals surface area contributed by atoms with Crippen LogP contribution in [0.25, 0.3) is 0 Å². The summed E-state index contributed by atoms with van der Waals surface area (Å²) in [5.74, 6) is 0. The van der Waals surface area contributed by atoms with Crippen molar-refractivity contribution in [2.75, 3.05) is 13.6 Å². The van der Waals surface area contributed by atoms with Gasteiger partial charge in [0.05, 0.1) is 0 Å². The molecule has 0 amide bonds. The van der Waals surface area contributed by atoms with Crippen molar-refractivity contribution >= 4 is 0 Å². The van der Waals surface area contributed by atoms with Crippen LogP contribution in [0.15, 0.2) is 0 Å². The Morgan fingerprint density at radius 2 is 1.58 bits per heavy atom. The predicted octanol–water partition coefficient (Wildman–Crippen LogP) is 2.39. The van der Waals surface area contributed by atoms with E-state index in [9.17, 15) is 0 Å². The van der Waals surface area contributed by atoms with Gasteiger partial charge in [0.1, 0.15) is 0 Å². The average Bonchev–Trinajstić information content (AvgIpc) is 2.10. The van der Waals surface area contributed by atoms with Crippen LogP contribution in [-0.4, -0.2) is 19.6 Å². The largest absolute Gasteiger partial charge is 0.328 e. The SMILES string of the molecule is CC.CCC(C)N.CCCNC. The fourth-order valence-electron chi connectivity index (χ4n) is 0.250. The van der Waals surface area contributed by atoms with Gasteiger partial charge in [0, 0.05) is 6.04 Å². The van der Waals surface area contributed by atoms with Crippen LogP contribution in [0, 0.1) is 0 Å². The van der Waals surface area contributed by atoms with E-state index in [-0.39, 0.29) is 0 Å². The summed E-state index contributed by atoms with van der Waals surface area (Å²) in [6, 6.07) is 0.384. The van der Waals surface area contributed by atoms with Crippen LogP contribution in [0.2, 0.25) is 0 Å². The summed E-state index contributed by atoms with van der Waals surface area (Å²) in [5.41, 5.74) is 5.29. The zero-order valence-corrected chi connectivity index (χ0v) is 9.78. The van der Waals surface area contributed by atoms with Crippen molar-refractivity contribution in [2.45, 2.75) is 53.5 Å². The minimum Gasteiger partial charge on any atom is -0.328 e. The summed E-state index contributed by atoms with van der Waals surface area (Å²) in [7, 11) is 1.96. The molecule has 3 N–H and O–H groups in total. The van der Waals surface area contributed by atoms with Crippen molar-refractivity contribution in [3.05, 3.63) is 0 Å². The second kappa shape index (κ2) is 22.4. The van der Waals surface area contributed by atoms with Gasteiger partial charge in [-0.3, -0.25) is 0 Å². The first-order chi connectivity index (χ1) is 5.68. The summed E-state index contributed by atoms with van der Waals surface area (Å²) in [5, 5.41) is 3.02. The van der Waals surface area contributed by atoms with E-state index in [1.165, 1.54) is 6.42 Å². The number of nitrogens with one attached hydrogen (secondary N) is 1. The van der Waals surface area contributed by atoms with E-state index in [1.807, 2.05) is 27.8 Å². The summed E-state index contributed by atoms with van der Waals surface area (Å²) >= 11 is 0. The fraction of sp³-hybridized carbons (Fsp3) is 1.00. The maximum atomic E-state index is 5.29.